The molecule has 0 aliphatic rings. The summed E-state index contributed by atoms with van der Waals surface area (Å²) >= 11 is 6.40. The van der Waals surface area contributed by atoms with Crippen LogP contribution in [0.1, 0.15) is 29.1 Å². The number of amides is 1. The van der Waals surface area contributed by atoms with Crippen LogP contribution < -0.4 is 16.2 Å². The monoisotopic (exact) mass is 473 g/mol. The predicted molar refractivity (Wildman–Crippen MR) is 132 cm³/mol. The molecule has 1 amide bonds. The van der Waals surface area contributed by atoms with Gasteiger partial charge in [0.15, 0.2) is 11.3 Å². The number of fused-ring (bicyclic) bond motifs is 2. The summed E-state index contributed by atoms with van der Waals surface area (Å²) in [6.07, 6.45) is 1.38. The molecule has 0 saturated heterocycles. The number of aromatic amines is 1. The Morgan fingerprint density at radius 1 is 1.09 bits per heavy atom. The second-order valence-corrected chi connectivity index (χ2v) is 8.12. The van der Waals surface area contributed by atoms with Crippen molar-refractivity contribution in [3.63, 3.8) is 0 Å². The third kappa shape index (κ3) is 3.56. The van der Waals surface area contributed by atoms with Crippen LogP contribution in [0.15, 0.2) is 65.7 Å². The van der Waals surface area contributed by atoms with Crippen molar-refractivity contribution in [3.05, 3.63) is 87.7 Å². The number of benzene rings is 2. The Labute approximate surface area is 198 Å². The molecule has 0 aliphatic heterocycles. The van der Waals surface area contributed by atoms with Gasteiger partial charge >= 0.3 is 0 Å². The molecule has 9 nitrogen and oxygen atoms in total. The van der Waals surface area contributed by atoms with Crippen LogP contribution in [0, 0.1) is 0 Å². The Bertz CT molecular complexity index is 1590. The Balaban J connectivity index is 1.69. The lowest BCUT2D eigenvalue weighted by atomic mass is 10.1. The lowest BCUT2D eigenvalue weighted by Crippen LogP contribution is -2.26. The number of H-pyrrole nitrogens is 1. The van der Waals surface area contributed by atoms with Crippen LogP contribution in [0.3, 0.4) is 0 Å². The first-order valence-electron chi connectivity index (χ1n) is 10.6. The molecule has 3 N–H and O–H groups in total. The topological polar surface area (TPSA) is 118 Å². The van der Waals surface area contributed by atoms with Gasteiger partial charge in [-0.25, -0.2) is 9.97 Å². The number of anilines is 1. The molecule has 0 spiro atoms. The van der Waals surface area contributed by atoms with E-state index in [-0.39, 0.29) is 23.2 Å². The number of nitrogens with one attached hydrogen (secondary N) is 3. The SMILES string of the molecule is CNC(=O)c1n[nH]c2ncnc(N[C@@H](C)c3cc4cccc(Cl)c4c(=O)n3-c3ccccc3)c12. The van der Waals surface area contributed by atoms with Crippen LogP contribution in [0.4, 0.5) is 5.82 Å². The normalized spacial score (nSPS) is 12.1. The second-order valence-electron chi connectivity index (χ2n) is 7.71. The summed E-state index contributed by atoms with van der Waals surface area (Å²) in [5, 5.41) is 14.8. The zero-order valence-electron chi connectivity index (χ0n) is 18.3. The maximum absolute atomic E-state index is 13.6. The van der Waals surface area contributed by atoms with Gasteiger partial charge in [-0.15, -0.1) is 0 Å². The minimum absolute atomic E-state index is 0.179. The molecule has 1 atom stereocenters. The van der Waals surface area contributed by atoms with Gasteiger partial charge in [0.2, 0.25) is 0 Å². The molecule has 2 aromatic carbocycles. The second kappa shape index (κ2) is 8.60. The van der Waals surface area contributed by atoms with Crippen molar-refractivity contribution in [2.75, 3.05) is 12.4 Å². The van der Waals surface area contributed by atoms with E-state index in [2.05, 4.69) is 30.8 Å². The third-order valence-electron chi connectivity index (χ3n) is 5.64. The Hall–Kier alpha value is -4.24. The van der Waals surface area contributed by atoms with Crippen molar-refractivity contribution < 1.29 is 4.79 Å². The van der Waals surface area contributed by atoms with E-state index in [1.54, 1.807) is 10.6 Å². The van der Waals surface area contributed by atoms with Gasteiger partial charge in [-0.2, -0.15) is 5.10 Å². The maximum Gasteiger partial charge on any atom is 0.272 e. The molecule has 0 fully saturated rings. The molecule has 5 aromatic rings. The van der Waals surface area contributed by atoms with Gasteiger partial charge in [0.1, 0.15) is 12.1 Å². The Morgan fingerprint density at radius 3 is 2.65 bits per heavy atom. The molecule has 10 heteroatoms. The van der Waals surface area contributed by atoms with Gasteiger partial charge in [-0.3, -0.25) is 19.3 Å². The average Bonchev–Trinajstić information content (AvgIpc) is 3.29. The smallest absolute Gasteiger partial charge is 0.272 e. The highest BCUT2D eigenvalue weighted by Crippen LogP contribution is 2.29. The number of nitrogens with zero attached hydrogens (tertiary/aromatic N) is 4. The summed E-state index contributed by atoms with van der Waals surface area (Å²) < 4.78 is 1.64. The summed E-state index contributed by atoms with van der Waals surface area (Å²) in [7, 11) is 1.53. The van der Waals surface area contributed by atoms with Gasteiger partial charge in [0, 0.05) is 18.4 Å². The molecule has 34 heavy (non-hydrogen) atoms. The number of pyridine rings is 1. The van der Waals surface area contributed by atoms with Gasteiger partial charge < -0.3 is 10.6 Å². The van der Waals surface area contributed by atoms with E-state index in [0.29, 0.717) is 38.6 Å². The van der Waals surface area contributed by atoms with Gasteiger partial charge in [0.05, 0.1) is 21.8 Å². The van der Waals surface area contributed by atoms with E-state index < -0.39 is 0 Å². The molecule has 0 bridgehead atoms. The highest BCUT2D eigenvalue weighted by molar-refractivity contribution is 6.35. The van der Waals surface area contributed by atoms with E-state index >= 15 is 0 Å². The van der Waals surface area contributed by atoms with Crippen LogP contribution in [-0.2, 0) is 0 Å². The molecule has 170 valence electrons. The molecule has 5 rings (SSSR count). The highest BCUT2D eigenvalue weighted by Gasteiger charge is 2.22. The van der Waals surface area contributed by atoms with Crippen molar-refractivity contribution in [3.8, 4) is 5.69 Å². The first-order valence-corrected chi connectivity index (χ1v) is 10.9. The average molecular weight is 474 g/mol. The Morgan fingerprint density at radius 2 is 1.88 bits per heavy atom. The zero-order valence-corrected chi connectivity index (χ0v) is 19.1. The molecular formula is C24H20ClN7O2. The summed E-state index contributed by atoms with van der Waals surface area (Å²) in [6, 6.07) is 16.3. The summed E-state index contributed by atoms with van der Waals surface area (Å²) in [4.78, 5) is 34.5. The minimum atomic E-state index is -0.387. The first kappa shape index (κ1) is 21.6. The minimum Gasteiger partial charge on any atom is -0.361 e. The zero-order chi connectivity index (χ0) is 23.8. The largest absolute Gasteiger partial charge is 0.361 e. The number of halogens is 1. The van der Waals surface area contributed by atoms with E-state index in [0.717, 1.165) is 5.39 Å². The van der Waals surface area contributed by atoms with Crippen molar-refractivity contribution in [2.45, 2.75) is 13.0 Å². The molecule has 0 radical (unpaired) electrons. The van der Waals surface area contributed by atoms with Gasteiger partial charge in [-0.1, -0.05) is 41.9 Å². The molecule has 3 aromatic heterocycles. The number of carbonyl (C=O) groups is 1. The highest BCUT2D eigenvalue weighted by atomic mass is 35.5. The van der Waals surface area contributed by atoms with Crippen molar-refractivity contribution in [2.24, 2.45) is 0 Å². The fourth-order valence-electron chi connectivity index (χ4n) is 4.03. The van der Waals surface area contributed by atoms with Crippen molar-refractivity contribution >= 4 is 45.1 Å². The maximum atomic E-state index is 13.6. The Kier molecular flexibility index (Phi) is 5.46. The number of para-hydroxylation sites is 1. The molecule has 0 unspecified atom stereocenters. The number of hydrogen-bond acceptors (Lipinski definition) is 6. The van der Waals surface area contributed by atoms with Gasteiger partial charge in [0.25, 0.3) is 11.5 Å². The quantitative estimate of drug-likeness (QED) is 0.357. The molecule has 0 aliphatic carbocycles. The summed E-state index contributed by atoms with van der Waals surface area (Å²) in [5.41, 5.74) is 1.79. The van der Waals surface area contributed by atoms with Crippen LogP contribution in [0.5, 0.6) is 0 Å². The van der Waals surface area contributed by atoms with E-state index in [1.807, 2.05) is 55.5 Å². The summed E-state index contributed by atoms with van der Waals surface area (Å²) in [5.74, 6) is 0.0568. The third-order valence-corrected chi connectivity index (χ3v) is 5.95. The standard InChI is InChI=1S/C24H20ClN7O2/c1-13(29-21-19-20(23(33)26-2)30-31-22(19)28-12-27-21)17-11-14-7-6-10-16(25)18(14)24(34)32(17)15-8-4-3-5-9-15/h3-13H,1-2H3,(H,26,33)(H2,27,28,29,30,31)/t13-/m0/s1. The lowest BCUT2D eigenvalue weighted by molar-refractivity contribution is 0.0959. The van der Waals surface area contributed by atoms with Crippen molar-refractivity contribution in [1.29, 1.82) is 0 Å². The van der Waals surface area contributed by atoms with E-state index in [4.69, 9.17) is 11.6 Å². The molecule has 3 heterocycles. The number of aromatic nitrogens is 5. The van der Waals surface area contributed by atoms with E-state index in [1.165, 1.54) is 13.4 Å². The van der Waals surface area contributed by atoms with Crippen LogP contribution in [0.25, 0.3) is 27.5 Å². The molecular weight excluding hydrogens is 454 g/mol. The molecule has 0 saturated carbocycles. The number of carbonyl (C=O) groups excluding carboxylic acids is 1. The van der Waals surface area contributed by atoms with Crippen molar-refractivity contribution in [1.82, 2.24) is 30.0 Å². The van der Waals surface area contributed by atoms with E-state index in [9.17, 15) is 9.59 Å². The predicted octanol–water partition coefficient (Wildman–Crippen LogP) is 3.84. The van der Waals surface area contributed by atoms with Crippen LogP contribution >= 0.6 is 11.6 Å². The summed E-state index contributed by atoms with van der Waals surface area (Å²) in [6.45, 7) is 1.91. The number of hydrogen-bond donors (Lipinski definition) is 3. The fourth-order valence-corrected chi connectivity index (χ4v) is 4.29. The van der Waals surface area contributed by atoms with Crippen LogP contribution in [-0.4, -0.2) is 37.7 Å². The lowest BCUT2D eigenvalue weighted by Gasteiger charge is -2.22. The fraction of sp³-hybridized carbons (Fsp3) is 0.125. The van der Waals surface area contributed by atoms with Gasteiger partial charge in [-0.05, 0) is 36.6 Å². The first-order chi connectivity index (χ1) is 16.5. The number of rotatable bonds is 5. The van der Waals surface area contributed by atoms with Crippen LogP contribution in [0.2, 0.25) is 5.02 Å².